The Bertz CT molecular complexity index is 4410. The van der Waals surface area contributed by atoms with E-state index in [0.717, 1.165) is 56.3 Å². The molecule has 0 N–H and O–H groups in total. The molecule has 0 saturated heterocycles. The van der Waals surface area contributed by atoms with Crippen molar-refractivity contribution in [3.63, 3.8) is 0 Å². The predicted octanol–water partition coefficient (Wildman–Crippen LogP) is 4.86. The average Bonchev–Trinajstić information content (AvgIpc) is 2.10. The lowest BCUT2D eigenvalue weighted by Gasteiger charge is -2.10. The summed E-state index contributed by atoms with van der Waals surface area (Å²) in [4.78, 5) is 126. The Morgan fingerprint density at radius 2 is 0.859 bits per heavy atom. The summed E-state index contributed by atoms with van der Waals surface area (Å²) in [6.07, 6.45) is 0. The molecule has 0 aliphatic heterocycles. The van der Waals surface area contributed by atoms with Crippen molar-refractivity contribution in [2.75, 3.05) is 0 Å². The van der Waals surface area contributed by atoms with Crippen molar-refractivity contribution in [1.29, 1.82) is 0 Å². The monoisotopic (exact) mass is 1220 g/mol. The SMILES string of the molecule is C.CC(C)c1c2c(=O)n(C)c(=O)n(C)c2nn1C.CC(C)c1nsc2c1c(=O)n(C)c(=O)n2C.Cc1nc2c(c(=O)n(C)c(=O)n2C)n1C(C)C.Cc1oc2c(c1C(C)C)c(=O)n(C)c(=O)n2C.Cc1sc2c(c1C(C)C)c(=O)n(C)c(=O)n2C. The Kier molecular flexibility index (Phi) is 20.0. The van der Waals surface area contributed by atoms with Gasteiger partial charge in [0.15, 0.2) is 16.8 Å². The molecule has 10 aromatic rings. The summed E-state index contributed by atoms with van der Waals surface area (Å²) in [5, 5.41) is 6.59. The number of furan rings is 1. The Morgan fingerprint density at radius 3 is 1.33 bits per heavy atom. The molecule has 0 saturated carbocycles. The summed E-state index contributed by atoms with van der Waals surface area (Å²) >= 11 is 2.73. The highest BCUT2D eigenvalue weighted by Crippen LogP contribution is 2.33. The summed E-state index contributed by atoms with van der Waals surface area (Å²) < 4.78 is 26.2. The molecule has 462 valence electrons. The standard InChI is InChI=1S/C12H16N2O3.C12H16N2O2S.2C11H16N4O2.C10H13N3O2S.CH4/c2*1-6(2)8-7(3)17-11-9(8)10(15)13(4)12(16)14(11)5;1-6(2)8-7-9(12-15(8)5)13(3)11(17)14(4)10(7)16;1-6(2)15-7(3)12-9-8(15)10(16)14(5)11(17)13(9)4;1-5(2)7-6-8(14)12(3)10(15)13(4)9(6)16-11-7;/h4*6H,1-5H3;5H,1-4H3;1H4. The normalized spacial score (nSPS) is 11.5. The van der Waals surface area contributed by atoms with E-state index in [1.165, 1.54) is 80.9 Å². The van der Waals surface area contributed by atoms with Crippen LogP contribution >= 0.6 is 22.9 Å². The largest absolute Gasteiger partial charge is 0.444 e. The zero-order chi connectivity index (χ0) is 63.6. The number of aryl methyl sites for hydroxylation is 9. The van der Waals surface area contributed by atoms with Crippen LogP contribution in [-0.4, -0.2) is 69.4 Å². The van der Waals surface area contributed by atoms with E-state index in [1.807, 2.05) is 80.7 Å². The van der Waals surface area contributed by atoms with Crippen molar-refractivity contribution in [3.05, 3.63) is 143 Å². The lowest BCUT2D eigenvalue weighted by Crippen LogP contribution is -2.37. The van der Waals surface area contributed by atoms with Gasteiger partial charge in [-0.2, -0.15) is 9.47 Å². The smallest absolute Gasteiger partial charge is 0.333 e. The number of rotatable bonds is 5. The number of hydrogen-bond donors (Lipinski definition) is 0. The van der Waals surface area contributed by atoms with Crippen LogP contribution < -0.4 is 56.2 Å². The van der Waals surface area contributed by atoms with Gasteiger partial charge in [0.2, 0.25) is 5.71 Å². The topological polar surface area (TPSA) is 282 Å². The molecule has 28 heteroatoms. The van der Waals surface area contributed by atoms with Crippen LogP contribution in [0.5, 0.6) is 0 Å². The zero-order valence-corrected chi connectivity index (χ0v) is 54.0. The van der Waals surface area contributed by atoms with Crippen LogP contribution in [0.25, 0.3) is 53.7 Å². The number of imidazole rings is 1. The van der Waals surface area contributed by atoms with Gasteiger partial charge in [0.05, 0.1) is 22.2 Å². The second kappa shape index (κ2) is 25.1. The van der Waals surface area contributed by atoms with E-state index in [1.54, 1.807) is 51.5 Å². The zero-order valence-electron chi connectivity index (χ0n) is 52.4. The van der Waals surface area contributed by atoms with E-state index < -0.39 is 0 Å². The van der Waals surface area contributed by atoms with Crippen LogP contribution in [0.2, 0.25) is 0 Å². The fourth-order valence-corrected chi connectivity index (χ4v) is 12.8. The molecule has 0 amide bonds. The number of hydrogen-bond acceptors (Lipinski definition) is 16. The molecular weight excluding hydrogens is 1130 g/mol. The fourth-order valence-electron chi connectivity index (χ4n) is 10.5. The molecule has 0 aromatic carbocycles. The van der Waals surface area contributed by atoms with Gasteiger partial charge in [-0.3, -0.25) is 74.3 Å². The van der Waals surface area contributed by atoms with E-state index >= 15 is 0 Å². The van der Waals surface area contributed by atoms with Crippen LogP contribution in [-0.2, 0) is 77.5 Å². The van der Waals surface area contributed by atoms with Crippen molar-refractivity contribution >= 4 is 76.6 Å². The molecule has 0 radical (unpaired) electrons. The van der Waals surface area contributed by atoms with E-state index in [0.29, 0.717) is 54.7 Å². The third-order valence-corrected chi connectivity index (χ3v) is 17.0. The highest BCUT2D eigenvalue weighted by Gasteiger charge is 2.24. The summed E-state index contributed by atoms with van der Waals surface area (Å²) in [6, 6.07) is 0.130. The van der Waals surface area contributed by atoms with Gasteiger partial charge in [-0.25, -0.2) is 29.0 Å². The van der Waals surface area contributed by atoms with Gasteiger partial charge in [-0.1, -0.05) is 62.8 Å². The molecule has 0 atom stereocenters. The van der Waals surface area contributed by atoms with Crippen molar-refractivity contribution in [2.45, 2.75) is 127 Å². The van der Waals surface area contributed by atoms with Crippen molar-refractivity contribution < 1.29 is 4.42 Å². The van der Waals surface area contributed by atoms with E-state index in [9.17, 15) is 47.9 Å². The van der Waals surface area contributed by atoms with Crippen LogP contribution in [0.1, 0.15) is 145 Å². The summed E-state index contributed by atoms with van der Waals surface area (Å²) in [7, 11) is 17.5. The molecule has 26 nitrogen and oxygen atoms in total. The first-order chi connectivity index (χ1) is 38.9. The molecule has 0 spiro atoms. The van der Waals surface area contributed by atoms with Crippen LogP contribution in [0.3, 0.4) is 0 Å². The lowest BCUT2D eigenvalue weighted by atomic mass is 10.0. The summed E-state index contributed by atoms with van der Waals surface area (Å²) in [5.74, 6) is 2.27. The first-order valence-electron chi connectivity index (χ1n) is 27.1. The van der Waals surface area contributed by atoms with Crippen LogP contribution in [0.15, 0.2) is 52.4 Å². The Morgan fingerprint density at radius 1 is 0.435 bits per heavy atom. The fraction of sp³-hybridized carbons (Fsp3) is 0.526. The number of fused-ring (bicyclic) bond motifs is 5. The Labute approximate surface area is 496 Å². The molecule has 10 rings (SSSR count). The second-order valence-electron chi connectivity index (χ2n) is 22.4. The molecule has 0 aliphatic carbocycles. The predicted molar refractivity (Wildman–Crippen MR) is 338 cm³/mol. The maximum absolute atomic E-state index is 12.2. The molecule has 10 heterocycles. The van der Waals surface area contributed by atoms with Gasteiger partial charge in [-0.15, -0.1) is 11.3 Å². The summed E-state index contributed by atoms with van der Waals surface area (Å²) in [5.41, 5.74) is 2.39. The lowest BCUT2D eigenvalue weighted by molar-refractivity contribution is 0.531. The minimum absolute atomic E-state index is 0. The molecule has 0 unspecified atom stereocenters. The van der Waals surface area contributed by atoms with Gasteiger partial charge in [0.25, 0.3) is 27.8 Å². The highest BCUT2D eigenvalue weighted by atomic mass is 32.1. The number of nitrogens with zero attached hydrogens (tertiary/aromatic N) is 15. The van der Waals surface area contributed by atoms with Crippen molar-refractivity contribution in [1.82, 2.24) is 69.4 Å². The summed E-state index contributed by atoms with van der Waals surface area (Å²) in [6.45, 7) is 25.7. The third-order valence-electron chi connectivity index (χ3n) is 14.8. The molecular formula is C57H81N15O11S2. The minimum atomic E-state index is -0.369. The minimum Gasteiger partial charge on any atom is -0.444 e. The van der Waals surface area contributed by atoms with Crippen molar-refractivity contribution in [3.8, 4) is 0 Å². The van der Waals surface area contributed by atoms with Gasteiger partial charge >= 0.3 is 28.4 Å². The maximum atomic E-state index is 12.2. The quantitative estimate of drug-likeness (QED) is 0.223. The number of aromatic nitrogens is 15. The van der Waals surface area contributed by atoms with E-state index in [-0.39, 0.29) is 93.4 Å². The molecule has 85 heavy (non-hydrogen) atoms. The van der Waals surface area contributed by atoms with Crippen molar-refractivity contribution in [2.24, 2.45) is 77.5 Å². The molecule has 10 aromatic heterocycles. The Balaban J connectivity index is 0.000000194. The number of thiophene rings is 1. The molecule has 0 fully saturated rings. The van der Waals surface area contributed by atoms with Crippen LogP contribution in [0.4, 0.5) is 0 Å². The first-order valence-corrected chi connectivity index (χ1v) is 28.7. The first kappa shape index (κ1) is 67.5. The molecule has 0 aliphatic rings. The average molecular weight is 1220 g/mol. The van der Waals surface area contributed by atoms with Gasteiger partial charge in [-0.05, 0) is 75.4 Å². The van der Waals surface area contributed by atoms with E-state index in [2.05, 4.69) is 28.3 Å². The second-order valence-corrected chi connectivity index (χ2v) is 24.4. The van der Waals surface area contributed by atoms with E-state index in [4.69, 9.17) is 4.42 Å². The van der Waals surface area contributed by atoms with Gasteiger partial charge < -0.3 is 8.98 Å². The van der Waals surface area contributed by atoms with Crippen LogP contribution in [0, 0.1) is 20.8 Å². The van der Waals surface area contributed by atoms with Gasteiger partial charge in [0.1, 0.15) is 32.0 Å². The maximum Gasteiger partial charge on any atom is 0.333 e. The highest BCUT2D eigenvalue weighted by molar-refractivity contribution is 7.18. The third kappa shape index (κ3) is 11.6. The Hall–Kier alpha value is -8.27. The van der Waals surface area contributed by atoms with Gasteiger partial charge in [0, 0.05) is 94.0 Å². The molecule has 0 bridgehead atoms.